The van der Waals surface area contributed by atoms with Crippen LogP contribution in [0.15, 0.2) is 223 Å². The molecule has 0 spiro atoms. The molecule has 11 aromatic rings. The molecule has 0 unspecified atom stereocenters. The summed E-state index contributed by atoms with van der Waals surface area (Å²) in [6, 6.07) is 76.8. The van der Waals surface area contributed by atoms with Gasteiger partial charge in [0.15, 0.2) is 5.82 Å². The van der Waals surface area contributed by atoms with Crippen molar-refractivity contribution in [3.63, 3.8) is 0 Å². The van der Waals surface area contributed by atoms with Crippen LogP contribution in [0.2, 0.25) is 0 Å². The molecule has 0 amide bonds. The van der Waals surface area contributed by atoms with Gasteiger partial charge in [-0.05, 0) is 62.5 Å². The van der Waals surface area contributed by atoms with Gasteiger partial charge in [0.05, 0.1) is 11.4 Å². The number of aromatic nitrogens is 2. The summed E-state index contributed by atoms with van der Waals surface area (Å²) >= 11 is 0. The van der Waals surface area contributed by atoms with Crippen molar-refractivity contribution in [1.82, 2.24) is 9.97 Å². The lowest BCUT2D eigenvalue weighted by Crippen LogP contribution is -1.95. The van der Waals surface area contributed by atoms with Crippen molar-refractivity contribution in [2.24, 2.45) is 0 Å². The topological polar surface area (TPSA) is 38.9 Å². The molecule has 0 aliphatic rings. The van der Waals surface area contributed by atoms with E-state index in [-0.39, 0.29) is 0 Å². The van der Waals surface area contributed by atoms with Crippen molar-refractivity contribution in [3.05, 3.63) is 218 Å². The van der Waals surface area contributed by atoms with Gasteiger partial charge in [0.25, 0.3) is 0 Å². The van der Waals surface area contributed by atoms with E-state index in [0.717, 1.165) is 77.7 Å². The van der Waals surface area contributed by atoms with E-state index in [0.29, 0.717) is 5.82 Å². The molecule has 9 aromatic carbocycles. The van der Waals surface area contributed by atoms with Crippen molar-refractivity contribution < 1.29 is 4.42 Å². The Balaban J connectivity index is 0.937. The second-order valence-corrected chi connectivity index (χ2v) is 14.9. The average molecular weight is 753 g/mol. The lowest BCUT2D eigenvalue weighted by molar-refractivity contribution is 0.674. The van der Waals surface area contributed by atoms with Gasteiger partial charge in [-0.1, -0.05) is 200 Å². The molecule has 3 heteroatoms. The van der Waals surface area contributed by atoms with Crippen LogP contribution < -0.4 is 0 Å². The number of rotatable bonds is 7. The minimum Gasteiger partial charge on any atom is -0.455 e. The van der Waals surface area contributed by atoms with Crippen LogP contribution in [0.1, 0.15) is 0 Å². The van der Waals surface area contributed by atoms with Crippen LogP contribution in [0.5, 0.6) is 0 Å². The number of para-hydroxylation sites is 1. The largest absolute Gasteiger partial charge is 0.455 e. The molecule has 2 heterocycles. The van der Waals surface area contributed by atoms with Crippen molar-refractivity contribution in [3.8, 4) is 78.4 Å². The maximum absolute atomic E-state index is 6.87. The summed E-state index contributed by atoms with van der Waals surface area (Å²) < 4.78 is 6.87. The van der Waals surface area contributed by atoms with Gasteiger partial charge in [0.2, 0.25) is 0 Å². The van der Waals surface area contributed by atoms with Crippen LogP contribution in [0, 0.1) is 0 Å². The molecular formula is C56H36N2O. The van der Waals surface area contributed by atoms with E-state index in [4.69, 9.17) is 14.4 Å². The third-order valence-corrected chi connectivity index (χ3v) is 11.3. The summed E-state index contributed by atoms with van der Waals surface area (Å²) in [6.45, 7) is 0. The van der Waals surface area contributed by atoms with Gasteiger partial charge >= 0.3 is 0 Å². The molecule has 0 saturated carbocycles. The zero-order valence-electron chi connectivity index (χ0n) is 32.1. The van der Waals surface area contributed by atoms with E-state index in [9.17, 15) is 0 Å². The summed E-state index contributed by atoms with van der Waals surface area (Å²) in [6.07, 6.45) is 0. The highest BCUT2D eigenvalue weighted by atomic mass is 16.3. The summed E-state index contributed by atoms with van der Waals surface area (Å²) in [5.41, 5.74) is 15.9. The van der Waals surface area contributed by atoms with Gasteiger partial charge in [-0.15, -0.1) is 0 Å². The molecule has 2 aromatic heterocycles. The normalized spacial score (nSPS) is 11.4. The lowest BCUT2D eigenvalue weighted by atomic mass is 9.93. The molecule has 0 fully saturated rings. The highest BCUT2D eigenvalue weighted by Crippen LogP contribution is 2.43. The Bertz CT molecular complexity index is 3220. The van der Waals surface area contributed by atoms with Crippen LogP contribution in [0.25, 0.3) is 111 Å². The fourth-order valence-electron chi connectivity index (χ4n) is 8.33. The van der Waals surface area contributed by atoms with E-state index in [1.807, 2.05) is 36.4 Å². The number of furan rings is 1. The van der Waals surface area contributed by atoms with E-state index in [1.165, 1.54) is 27.6 Å². The van der Waals surface area contributed by atoms with E-state index in [2.05, 4.69) is 182 Å². The molecule has 0 N–H and O–H groups in total. The maximum Gasteiger partial charge on any atom is 0.160 e. The van der Waals surface area contributed by atoms with Crippen LogP contribution >= 0.6 is 0 Å². The van der Waals surface area contributed by atoms with Gasteiger partial charge in [0.1, 0.15) is 11.2 Å². The fraction of sp³-hybridized carbons (Fsp3) is 0. The Hall–Kier alpha value is -7.88. The number of nitrogens with zero attached hydrogens (tertiary/aromatic N) is 2. The molecule has 0 atom stereocenters. The zero-order chi connectivity index (χ0) is 39.1. The summed E-state index contributed by atoms with van der Waals surface area (Å²) in [7, 11) is 0. The first-order valence-corrected chi connectivity index (χ1v) is 20.0. The quantitative estimate of drug-likeness (QED) is 0.163. The van der Waals surface area contributed by atoms with Crippen LogP contribution in [-0.2, 0) is 0 Å². The van der Waals surface area contributed by atoms with Gasteiger partial charge in [-0.3, -0.25) is 0 Å². The SMILES string of the molecule is c1ccc(-c2cccc(-c3cc4c5cccc(-c6ccc(-c7ccc(-c8cc(-c9ccccc9)nc(-c9ccccc9)n8)cc7)cc6)c5oc4c4ccccc34)c2)cc1. The second-order valence-electron chi connectivity index (χ2n) is 14.9. The molecule has 276 valence electrons. The van der Waals surface area contributed by atoms with Crippen molar-refractivity contribution in [2.45, 2.75) is 0 Å². The van der Waals surface area contributed by atoms with E-state index in [1.54, 1.807) is 0 Å². The highest BCUT2D eigenvalue weighted by molar-refractivity contribution is 6.20. The molecule has 0 bridgehead atoms. The van der Waals surface area contributed by atoms with Gasteiger partial charge < -0.3 is 4.42 Å². The molecule has 0 saturated heterocycles. The predicted octanol–water partition coefficient (Wildman–Crippen LogP) is 15.2. The van der Waals surface area contributed by atoms with Crippen molar-refractivity contribution >= 4 is 32.7 Å². The second kappa shape index (κ2) is 14.6. The van der Waals surface area contributed by atoms with Crippen LogP contribution in [-0.4, -0.2) is 9.97 Å². The van der Waals surface area contributed by atoms with Crippen LogP contribution in [0.4, 0.5) is 0 Å². The number of benzene rings is 9. The number of hydrogen-bond acceptors (Lipinski definition) is 3. The molecule has 3 nitrogen and oxygen atoms in total. The lowest BCUT2D eigenvalue weighted by Gasteiger charge is -2.10. The van der Waals surface area contributed by atoms with Crippen molar-refractivity contribution in [2.75, 3.05) is 0 Å². The maximum atomic E-state index is 6.87. The predicted molar refractivity (Wildman–Crippen MR) is 245 cm³/mol. The molecule has 11 rings (SSSR count). The molecule has 0 aliphatic heterocycles. The third kappa shape index (κ3) is 6.36. The fourth-order valence-corrected chi connectivity index (χ4v) is 8.33. The first-order chi connectivity index (χ1) is 29.2. The Morgan fingerprint density at radius 3 is 1.39 bits per heavy atom. The Morgan fingerprint density at radius 1 is 0.254 bits per heavy atom. The van der Waals surface area contributed by atoms with Gasteiger partial charge in [0, 0.05) is 38.4 Å². The Labute approximate surface area is 342 Å². The monoisotopic (exact) mass is 752 g/mol. The Kier molecular flexibility index (Phi) is 8.49. The standard InChI is InChI=1S/C56H36N2O/c1-4-14-37(15-5-1)44-20-12-21-45(34-44)50-35-51-49-25-13-24-46(54(49)59-55(51)48-23-11-10-22-47(48)50)40-30-26-38(27-31-40)39-28-32-42(33-29-39)53-36-52(41-16-6-2-7-17-41)57-56(58-53)43-18-8-3-9-19-43/h1-36H. The molecule has 0 radical (unpaired) electrons. The number of hydrogen-bond donors (Lipinski definition) is 0. The minimum absolute atomic E-state index is 0.711. The summed E-state index contributed by atoms with van der Waals surface area (Å²) in [5, 5.41) is 4.52. The van der Waals surface area contributed by atoms with Crippen LogP contribution in [0.3, 0.4) is 0 Å². The van der Waals surface area contributed by atoms with E-state index < -0.39 is 0 Å². The summed E-state index contributed by atoms with van der Waals surface area (Å²) in [4.78, 5) is 9.97. The van der Waals surface area contributed by atoms with E-state index >= 15 is 0 Å². The average Bonchev–Trinajstić information content (AvgIpc) is 3.71. The smallest absolute Gasteiger partial charge is 0.160 e. The summed E-state index contributed by atoms with van der Waals surface area (Å²) in [5.74, 6) is 0.711. The van der Waals surface area contributed by atoms with Gasteiger partial charge in [-0.25, -0.2) is 9.97 Å². The van der Waals surface area contributed by atoms with Crippen molar-refractivity contribution in [1.29, 1.82) is 0 Å². The Morgan fingerprint density at radius 2 is 0.712 bits per heavy atom. The molecule has 59 heavy (non-hydrogen) atoms. The first-order valence-electron chi connectivity index (χ1n) is 20.0. The first kappa shape index (κ1) is 34.4. The molecular weight excluding hydrogens is 717 g/mol. The minimum atomic E-state index is 0.711. The van der Waals surface area contributed by atoms with Gasteiger partial charge in [-0.2, -0.15) is 0 Å². The highest BCUT2D eigenvalue weighted by Gasteiger charge is 2.18. The third-order valence-electron chi connectivity index (χ3n) is 11.3. The molecule has 0 aliphatic carbocycles. The number of fused-ring (bicyclic) bond motifs is 5. The zero-order valence-corrected chi connectivity index (χ0v) is 32.1.